The van der Waals surface area contributed by atoms with Gasteiger partial charge >= 0.3 is 0 Å². The minimum Gasteiger partial charge on any atom is -0.326 e. The molecule has 3 rings (SSSR count). The molecule has 0 radical (unpaired) electrons. The molecule has 128 valence electrons. The second-order valence-electron chi connectivity index (χ2n) is 6.87. The SMILES string of the molecule is CCNCC1CCC(C(=O)Nc2ccc3nc(C)ccc3c2)CC1. The number of rotatable bonds is 5. The Bertz CT molecular complexity index is 705. The van der Waals surface area contributed by atoms with Gasteiger partial charge in [0.15, 0.2) is 0 Å². The lowest BCUT2D eigenvalue weighted by atomic mass is 9.81. The second-order valence-corrected chi connectivity index (χ2v) is 6.87. The normalized spacial score (nSPS) is 20.9. The number of anilines is 1. The van der Waals surface area contributed by atoms with Gasteiger partial charge in [0.2, 0.25) is 5.91 Å². The summed E-state index contributed by atoms with van der Waals surface area (Å²) in [7, 11) is 0. The predicted molar refractivity (Wildman–Crippen MR) is 99.1 cm³/mol. The Balaban J connectivity index is 1.58. The molecular weight excluding hydrogens is 298 g/mol. The van der Waals surface area contributed by atoms with E-state index in [1.165, 1.54) is 0 Å². The van der Waals surface area contributed by atoms with Gasteiger partial charge in [-0.3, -0.25) is 9.78 Å². The van der Waals surface area contributed by atoms with Crippen LogP contribution < -0.4 is 10.6 Å². The number of aryl methyl sites for hydroxylation is 1. The molecule has 0 atom stereocenters. The molecule has 24 heavy (non-hydrogen) atoms. The van der Waals surface area contributed by atoms with E-state index >= 15 is 0 Å². The van der Waals surface area contributed by atoms with Crippen LogP contribution in [0.5, 0.6) is 0 Å². The zero-order valence-electron chi connectivity index (χ0n) is 14.6. The van der Waals surface area contributed by atoms with Gasteiger partial charge in [0.05, 0.1) is 5.52 Å². The Kier molecular flexibility index (Phi) is 5.46. The second kappa shape index (κ2) is 7.75. The lowest BCUT2D eigenvalue weighted by Crippen LogP contribution is -2.31. The van der Waals surface area contributed by atoms with E-state index in [1.807, 2.05) is 31.2 Å². The standard InChI is InChI=1S/C20H27N3O/c1-3-21-13-15-5-8-16(9-6-15)20(24)23-18-10-11-19-17(12-18)7-4-14(2)22-19/h4,7,10-12,15-16,21H,3,5-6,8-9,13H2,1-2H3,(H,23,24). The number of fused-ring (bicyclic) bond motifs is 1. The maximum absolute atomic E-state index is 12.5. The van der Waals surface area contributed by atoms with E-state index < -0.39 is 0 Å². The summed E-state index contributed by atoms with van der Waals surface area (Å²) in [6, 6.07) is 9.99. The Labute approximate surface area is 144 Å². The highest BCUT2D eigenvalue weighted by Gasteiger charge is 2.26. The maximum atomic E-state index is 12.5. The molecule has 2 aromatic rings. The third-order valence-corrected chi connectivity index (χ3v) is 5.00. The molecule has 1 aromatic heterocycles. The number of nitrogens with zero attached hydrogens (tertiary/aromatic N) is 1. The molecule has 0 spiro atoms. The van der Waals surface area contributed by atoms with Gasteiger partial charge in [-0.15, -0.1) is 0 Å². The molecule has 1 heterocycles. The topological polar surface area (TPSA) is 54.0 Å². The Morgan fingerprint density at radius 1 is 1.17 bits per heavy atom. The number of hydrogen-bond donors (Lipinski definition) is 2. The van der Waals surface area contributed by atoms with Crippen molar-refractivity contribution < 1.29 is 4.79 Å². The van der Waals surface area contributed by atoms with Crippen LogP contribution >= 0.6 is 0 Å². The average molecular weight is 325 g/mol. The predicted octanol–water partition coefficient (Wildman–Crippen LogP) is 3.90. The van der Waals surface area contributed by atoms with Crippen LogP contribution in [0.1, 0.15) is 38.3 Å². The Hall–Kier alpha value is -1.94. The number of pyridine rings is 1. The number of amides is 1. The zero-order valence-corrected chi connectivity index (χ0v) is 14.6. The van der Waals surface area contributed by atoms with Gasteiger partial charge in [-0.1, -0.05) is 13.0 Å². The smallest absolute Gasteiger partial charge is 0.227 e. The Morgan fingerprint density at radius 3 is 2.71 bits per heavy atom. The molecule has 0 saturated heterocycles. The minimum absolute atomic E-state index is 0.148. The van der Waals surface area contributed by atoms with Gasteiger partial charge in [-0.25, -0.2) is 0 Å². The quantitative estimate of drug-likeness (QED) is 0.876. The van der Waals surface area contributed by atoms with Gasteiger partial charge in [-0.05, 0) is 75.9 Å². The largest absolute Gasteiger partial charge is 0.326 e. The van der Waals surface area contributed by atoms with Crippen molar-refractivity contribution in [2.45, 2.75) is 39.5 Å². The molecule has 1 saturated carbocycles. The van der Waals surface area contributed by atoms with E-state index in [0.29, 0.717) is 0 Å². The lowest BCUT2D eigenvalue weighted by Gasteiger charge is -2.27. The molecule has 4 nitrogen and oxygen atoms in total. The van der Waals surface area contributed by atoms with Gasteiger partial charge in [0.1, 0.15) is 0 Å². The molecule has 1 fully saturated rings. The molecule has 1 aromatic carbocycles. The molecule has 4 heteroatoms. The van der Waals surface area contributed by atoms with Crippen LogP contribution in [0.3, 0.4) is 0 Å². The van der Waals surface area contributed by atoms with E-state index in [0.717, 1.165) is 67.0 Å². The van der Waals surface area contributed by atoms with Crippen LogP contribution in [0.4, 0.5) is 5.69 Å². The highest BCUT2D eigenvalue weighted by atomic mass is 16.1. The van der Waals surface area contributed by atoms with E-state index in [-0.39, 0.29) is 11.8 Å². The summed E-state index contributed by atoms with van der Waals surface area (Å²) in [6.07, 6.45) is 4.28. The number of aromatic nitrogens is 1. The van der Waals surface area contributed by atoms with Crippen molar-refractivity contribution in [2.75, 3.05) is 18.4 Å². The number of nitrogens with one attached hydrogen (secondary N) is 2. The van der Waals surface area contributed by atoms with Gasteiger partial charge in [0.25, 0.3) is 0 Å². The first kappa shape index (κ1) is 16.9. The summed E-state index contributed by atoms with van der Waals surface area (Å²) < 4.78 is 0. The molecule has 2 N–H and O–H groups in total. The molecule has 0 unspecified atom stereocenters. The number of carbonyl (C=O) groups excluding carboxylic acids is 1. The first-order valence-electron chi connectivity index (χ1n) is 9.04. The third-order valence-electron chi connectivity index (χ3n) is 5.00. The highest BCUT2D eigenvalue weighted by Crippen LogP contribution is 2.29. The van der Waals surface area contributed by atoms with Crippen molar-refractivity contribution in [2.24, 2.45) is 11.8 Å². The summed E-state index contributed by atoms with van der Waals surface area (Å²) in [5, 5.41) is 7.57. The van der Waals surface area contributed by atoms with E-state index in [1.54, 1.807) is 0 Å². The molecule has 1 amide bonds. The molecule has 1 aliphatic rings. The molecule has 0 bridgehead atoms. The van der Waals surface area contributed by atoms with Crippen molar-refractivity contribution in [1.82, 2.24) is 10.3 Å². The molecular formula is C20H27N3O. The zero-order chi connectivity index (χ0) is 16.9. The van der Waals surface area contributed by atoms with E-state index in [2.05, 4.69) is 28.6 Å². The lowest BCUT2D eigenvalue weighted by molar-refractivity contribution is -0.121. The number of hydrogen-bond acceptors (Lipinski definition) is 3. The van der Waals surface area contributed by atoms with Crippen LogP contribution in [0.15, 0.2) is 30.3 Å². The van der Waals surface area contributed by atoms with Gasteiger partial charge in [-0.2, -0.15) is 0 Å². The first-order valence-corrected chi connectivity index (χ1v) is 9.04. The first-order chi connectivity index (χ1) is 11.7. The van der Waals surface area contributed by atoms with E-state index in [4.69, 9.17) is 0 Å². The van der Waals surface area contributed by atoms with Crippen LogP contribution in [-0.4, -0.2) is 24.0 Å². The van der Waals surface area contributed by atoms with Crippen molar-refractivity contribution in [3.05, 3.63) is 36.0 Å². The van der Waals surface area contributed by atoms with Crippen molar-refractivity contribution in [3.63, 3.8) is 0 Å². The monoisotopic (exact) mass is 325 g/mol. The van der Waals surface area contributed by atoms with Gasteiger partial charge < -0.3 is 10.6 Å². The summed E-state index contributed by atoms with van der Waals surface area (Å²) in [4.78, 5) is 17.0. The van der Waals surface area contributed by atoms with Crippen LogP contribution in [0.2, 0.25) is 0 Å². The number of carbonyl (C=O) groups is 1. The van der Waals surface area contributed by atoms with Crippen LogP contribution in [0, 0.1) is 18.8 Å². The summed E-state index contributed by atoms with van der Waals surface area (Å²) in [5.74, 6) is 1.04. The Morgan fingerprint density at radius 2 is 1.96 bits per heavy atom. The maximum Gasteiger partial charge on any atom is 0.227 e. The third kappa shape index (κ3) is 4.12. The fraction of sp³-hybridized carbons (Fsp3) is 0.500. The van der Waals surface area contributed by atoms with Crippen LogP contribution in [0.25, 0.3) is 10.9 Å². The van der Waals surface area contributed by atoms with Gasteiger partial charge in [0, 0.05) is 22.7 Å². The average Bonchev–Trinajstić information content (AvgIpc) is 2.60. The van der Waals surface area contributed by atoms with E-state index in [9.17, 15) is 4.79 Å². The fourth-order valence-corrected chi connectivity index (χ4v) is 3.53. The summed E-state index contributed by atoms with van der Waals surface area (Å²) >= 11 is 0. The van der Waals surface area contributed by atoms with Crippen molar-refractivity contribution >= 4 is 22.5 Å². The van der Waals surface area contributed by atoms with Crippen LogP contribution in [-0.2, 0) is 4.79 Å². The van der Waals surface area contributed by atoms with Crippen molar-refractivity contribution in [3.8, 4) is 0 Å². The summed E-state index contributed by atoms with van der Waals surface area (Å²) in [6.45, 7) is 6.24. The summed E-state index contributed by atoms with van der Waals surface area (Å²) in [5.41, 5.74) is 2.85. The fourth-order valence-electron chi connectivity index (χ4n) is 3.53. The minimum atomic E-state index is 0.148. The van der Waals surface area contributed by atoms with Crippen molar-refractivity contribution in [1.29, 1.82) is 0 Å². The molecule has 0 aliphatic heterocycles. The number of benzene rings is 1. The molecule has 1 aliphatic carbocycles. The highest BCUT2D eigenvalue weighted by molar-refractivity contribution is 5.95.